The monoisotopic (exact) mass is 400 g/mol. The third-order valence-electron chi connectivity index (χ3n) is 2.01. The van der Waals surface area contributed by atoms with E-state index in [0.717, 1.165) is 0 Å². The van der Waals surface area contributed by atoms with Crippen LogP contribution in [0.25, 0.3) is 0 Å². The van der Waals surface area contributed by atoms with Crippen molar-refractivity contribution in [3.05, 3.63) is 56.0 Å². The molecule has 116 valence electrons. The van der Waals surface area contributed by atoms with Crippen molar-refractivity contribution >= 4 is 69.2 Å². The third kappa shape index (κ3) is 5.59. The van der Waals surface area contributed by atoms with Crippen LogP contribution < -0.4 is 0 Å². The number of nitrogens with zero attached hydrogens (tertiary/aromatic N) is 2. The van der Waals surface area contributed by atoms with Gasteiger partial charge in [0.15, 0.2) is 5.69 Å². The molecule has 0 amide bonds. The summed E-state index contributed by atoms with van der Waals surface area (Å²) in [7, 11) is 0. The molecule has 2 aromatic heterocycles. The number of carboxylic acids is 1. The Bertz CT molecular complexity index is 662. The Labute approximate surface area is 149 Å². The SMILES string of the molecule is O=C(Cl)c1nc(Cl)ccc1Cl.O=C(O)c1nc(Cl)ccc1Cl. The van der Waals surface area contributed by atoms with E-state index in [1.165, 1.54) is 24.3 Å². The van der Waals surface area contributed by atoms with E-state index in [2.05, 4.69) is 9.97 Å². The predicted octanol–water partition coefficient (Wildman–Crippen LogP) is 4.85. The van der Waals surface area contributed by atoms with Gasteiger partial charge in [-0.15, -0.1) is 0 Å². The van der Waals surface area contributed by atoms with Crippen molar-refractivity contribution in [2.24, 2.45) is 0 Å². The predicted molar refractivity (Wildman–Crippen MR) is 85.7 cm³/mol. The van der Waals surface area contributed by atoms with Crippen molar-refractivity contribution in [3.8, 4) is 0 Å². The summed E-state index contributed by atoms with van der Waals surface area (Å²) in [5.74, 6) is -1.18. The molecule has 1 N–H and O–H groups in total. The lowest BCUT2D eigenvalue weighted by atomic mass is 10.3. The zero-order valence-electron chi connectivity index (χ0n) is 10.4. The highest BCUT2D eigenvalue weighted by molar-refractivity contribution is 6.68. The van der Waals surface area contributed by atoms with Crippen LogP contribution in [0.4, 0.5) is 0 Å². The number of rotatable bonds is 2. The first-order valence-corrected chi connectivity index (χ1v) is 7.18. The first kappa shape index (κ1) is 18.9. The maximum absolute atomic E-state index is 10.6. The summed E-state index contributed by atoms with van der Waals surface area (Å²) in [6.07, 6.45) is 0. The molecule has 0 saturated carbocycles. The standard InChI is InChI=1S/C6H2Cl3NO.C6H3Cl2NO2/c7-3-1-2-4(8)10-5(3)6(9)11;7-3-1-2-4(8)9-5(3)6(10)11/h1-2H;1-2H,(H,10,11). The molecule has 0 aliphatic heterocycles. The number of hydrogen-bond donors (Lipinski definition) is 1. The van der Waals surface area contributed by atoms with Gasteiger partial charge >= 0.3 is 5.97 Å². The summed E-state index contributed by atoms with van der Waals surface area (Å²) in [6, 6.07) is 5.76. The summed E-state index contributed by atoms with van der Waals surface area (Å²) < 4.78 is 0. The van der Waals surface area contributed by atoms with Crippen molar-refractivity contribution in [2.45, 2.75) is 0 Å². The Kier molecular flexibility index (Phi) is 7.32. The zero-order chi connectivity index (χ0) is 16.9. The molecule has 2 rings (SSSR count). The maximum Gasteiger partial charge on any atom is 0.356 e. The van der Waals surface area contributed by atoms with Crippen LogP contribution in [0.1, 0.15) is 21.0 Å². The fraction of sp³-hybridized carbons (Fsp3) is 0. The van der Waals surface area contributed by atoms with Gasteiger partial charge in [0.1, 0.15) is 16.0 Å². The van der Waals surface area contributed by atoms with E-state index in [9.17, 15) is 9.59 Å². The van der Waals surface area contributed by atoms with Crippen LogP contribution in [0.15, 0.2) is 24.3 Å². The molecular weight excluding hydrogens is 397 g/mol. The van der Waals surface area contributed by atoms with Crippen molar-refractivity contribution in [3.63, 3.8) is 0 Å². The van der Waals surface area contributed by atoms with E-state index < -0.39 is 11.2 Å². The van der Waals surface area contributed by atoms with Crippen LogP contribution in [0.3, 0.4) is 0 Å². The molecule has 2 heterocycles. The van der Waals surface area contributed by atoms with Crippen molar-refractivity contribution < 1.29 is 14.7 Å². The van der Waals surface area contributed by atoms with E-state index in [4.69, 9.17) is 63.1 Å². The van der Waals surface area contributed by atoms with Crippen LogP contribution in [0, 0.1) is 0 Å². The van der Waals surface area contributed by atoms with E-state index in [-0.39, 0.29) is 31.7 Å². The average Bonchev–Trinajstić information content (AvgIpc) is 2.44. The number of pyridine rings is 2. The number of carbonyl (C=O) groups excluding carboxylic acids is 1. The highest BCUT2D eigenvalue weighted by Gasteiger charge is 2.10. The number of halogens is 5. The van der Waals surface area contributed by atoms with Gasteiger partial charge in [-0.2, -0.15) is 0 Å². The Balaban J connectivity index is 0.000000220. The second-order valence-electron chi connectivity index (χ2n) is 3.51. The van der Waals surface area contributed by atoms with E-state index in [1.807, 2.05) is 0 Å². The summed E-state index contributed by atoms with van der Waals surface area (Å²) in [6.45, 7) is 0. The second-order valence-corrected chi connectivity index (χ2v) is 5.44. The van der Waals surface area contributed by atoms with E-state index >= 15 is 0 Å². The summed E-state index contributed by atoms with van der Waals surface area (Å²) >= 11 is 27.1. The average molecular weight is 402 g/mol. The van der Waals surface area contributed by atoms with Gasteiger partial charge < -0.3 is 5.11 Å². The zero-order valence-corrected chi connectivity index (χ0v) is 14.1. The number of carboxylic acid groups (broad SMARTS) is 1. The quantitative estimate of drug-likeness (QED) is 0.573. The van der Waals surface area contributed by atoms with E-state index in [1.54, 1.807) is 0 Å². The Morgan fingerprint density at radius 3 is 1.55 bits per heavy atom. The van der Waals surface area contributed by atoms with Crippen LogP contribution in [-0.2, 0) is 0 Å². The van der Waals surface area contributed by atoms with Gasteiger partial charge in [0.05, 0.1) is 10.0 Å². The smallest absolute Gasteiger partial charge is 0.356 e. The van der Waals surface area contributed by atoms with Gasteiger partial charge in [-0.05, 0) is 35.9 Å². The van der Waals surface area contributed by atoms with Crippen LogP contribution in [0.5, 0.6) is 0 Å². The van der Waals surface area contributed by atoms with Gasteiger partial charge in [0, 0.05) is 0 Å². The molecule has 22 heavy (non-hydrogen) atoms. The molecule has 0 bridgehead atoms. The molecule has 0 saturated heterocycles. The number of carbonyl (C=O) groups is 2. The lowest BCUT2D eigenvalue weighted by Gasteiger charge is -1.96. The highest BCUT2D eigenvalue weighted by atomic mass is 35.5. The minimum atomic E-state index is -1.18. The van der Waals surface area contributed by atoms with Crippen molar-refractivity contribution in [1.29, 1.82) is 0 Å². The Hall–Kier alpha value is -1.11. The van der Waals surface area contributed by atoms with Crippen LogP contribution in [-0.4, -0.2) is 26.3 Å². The Morgan fingerprint density at radius 2 is 1.23 bits per heavy atom. The molecule has 0 spiro atoms. The molecule has 0 radical (unpaired) electrons. The minimum absolute atomic E-state index is 0.0131. The molecule has 0 atom stereocenters. The topological polar surface area (TPSA) is 80.2 Å². The number of aromatic nitrogens is 2. The molecule has 2 aromatic rings. The molecule has 0 aliphatic rings. The lowest BCUT2D eigenvalue weighted by molar-refractivity contribution is 0.0690. The molecular formula is C12H5Cl5N2O3. The number of hydrogen-bond acceptors (Lipinski definition) is 4. The summed E-state index contributed by atoms with van der Waals surface area (Å²) in [4.78, 5) is 28.1. The molecule has 0 aromatic carbocycles. The fourth-order valence-electron chi connectivity index (χ4n) is 1.12. The van der Waals surface area contributed by atoms with Gasteiger partial charge in [0.2, 0.25) is 0 Å². The third-order valence-corrected chi connectivity index (χ3v) is 3.22. The minimum Gasteiger partial charge on any atom is -0.476 e. The molecule has 0 unspecified atom stereocenters. The van der Waals surface area contributed by atoms with Gasteiger partial charge in [-0.1, -0.05) is 46.4 Å². The van der Waals surface area contributed by atoms with Crippen LogP contribution in [0.2, 0.25) is 20.4 Å². The molecule has 0 aliphatic carbocycles. The fourth-order valence-corrected chi connectivity index (χ4v) is 1.99. The van der Waals surface area contributed by atoms with Gasteiger partial charge in [0.25, 0.3) is 5.24 Å². The summed E-state index contributed by atoms with van der Waals surface area (Å²) in [5, 5.41) is 8.37. The maximum atomic E-state index is 10.6. The molecule has 5 nitrogen and oxygen atoms in total. The summed E-state index contributed by atoms with van der Waals surface area (Å²) in [5.41, 5.74) is -0.236. The molecule has 0 fully saturated rings. The van der Waals surface area contributed by atoms with E-state index in [0.29, 0.717) is 0 Å². The van der Waals surface area contributed by atoms with Crippen molar-refractivity contribution in [2.75, 3.05) is 0 Å². The second kappa shape index (κ2) is 8.50. The first-order chi connectivity index (χ1) is 10.2. The van der Waals surface area contributed by atoms with Crippen LogP contribution >= 0.6 is 58.0 Å². The van der Waals surface area contributed by atoms with Gasteiger partial charge in [-0.3, -0.25) is 4.79 Å². The lowest BCUT2D eigenvalue weighted by Crippen LogP contribution is -2.00. The first-order valence-electron chi connectivity index (χ1n) is 5.29. The normalized spacial score (nSPS) is 9.68. The highest BCUT2D eigenvalue weighted by Crippen LogP contribution is 2.18. The number of aromatic carboxylic acids is 1. The van der Waals surface area contributed by atoms with Crippen molar-refractivity contribution in [1.82, 2.24) is 9.97 Å². The largest absolute Gasteiger partial charge is 0.476 e. The molecule has 10 heteroatoms. The van der Waals surface area contributed by atoms with Gasteiger partial charge in [-0.25, -0.2) is 14.8 Å². The Morgan fingerprint density at radius 1 is 0.818 bits per heavy atom.